The van der Waals surface area contributed by atoms with Crippen LogP contribution in [-0.4, -0.2) is 15.3 Å². The van der Waals surface area contributed by atoms with Gasteiger partial charge in [-0.25, -0.2) is 9.78 Å². The van der Waals surface area contributed by atoms with Crippen LogP contribution in [0.15, 0.2) is 23.3 Å². The van der Waals surface area contributed by atoms with E-state index in [0.29, 0.717) is 0 Å². The van der Waals surface area contributed by atoms with E-state index < -0.39 is 0 Å². The van der Waals surface area contributed by atoms with Gasteiger partial charge in [0.05, 0.1) is 0 Å². The van der Waals surface area contributed by atoms with Crippen LogP contribution in [0, 0.1) is 0 Å². The molecule has 0 amide bonds. The lowest BCUT2D eigenvalue weighted by atomic mass is 10.3. The summed E-state index contributed by atoms with van der Waals surface area (Å²) in [7, 11) is 0. The third-order valence-corrected chi connectivity index (χ3v) is 1.74. The molecule has 0 aliphatic carbocycles. The number of H-pyrrole nitrogens is 1. The molecule has 1 heterocycles. The van der Waals surface area contributed by atoms with Gasteiger partial charge in [-0.2, -0.15) is 0 Å². The van der Waals surface area contributed by atoms with Gasteiger partial charge in [-0.3, -0.25) is 0 Å². The SMILES string of the molecule is O=c1ncc(C=CCCBr)c[nH]1. The minimum atomic E-state index is -0.312. The second kappa shape index (κ2) is 4.87. The number of rotatable bonds is 3. The van der Waals surface area contributed by atoms with Crippen LogP contribution in [0.3, 0.4) is 0 Å². The third-order valence-electron chi connectivity index (χ3n) is 1.28. The van der Waals surface area contributed by atoms with Gasteiger partial charge in [-0.05, 0) is 6.42 Å². The molecule has 0 atom stereocenters. The van der Waals surface area contributed by atoms with Crippen LogP contribution < -0.4 is 5.69 Å². The van der Waals surface area contributed by atoms with E-state index in [4.69, 9.17) is 0 Å². The Labute approximate surface area is 78.7 Å². The monoisotopic (exact) mass is 228 g/mol. The van der Waals surface area contributed by atoms with Crippen LogP contribution in [0.2, 0.25) is 0 Å². The highest BCUT2D eigenvalue weighted by atomic mass is 79.9. The molecule has 64 valence electrons. The van der Waals surface area contributed by atoms with Crippen molar-refractivity contribution < 1.29 is 0 Å². The van der Waals surface area contributed by atoms with Crippen molar-refractivity contribution in [1.82, 2.24) is 9.97 Å². The molecule has 1 aromatic heterocycles. The number of hydrogen-bond donors (Lipinski definition) is 1. The van der Waals surface area contributed by atoms with Gasteiger partial charge >= 0.3 is 5.69 Å². The molecule has 0 saturated carbocycles. The van der Waals surface area contributed by atoms with Crippen molar-refractivity contribution in [2.24, 2.45) is 0 Å². The molecule has 1 rings (SSSR count). The molecule has 0 aliphatic rings. The van der Waals surface area contributed by atoms with Crippen LogP contribution in [0.1, 0.15) is 12.0 Å². The molecular formula is C8H9BrN2O. The Morgan fingerprint density at radius 3 is 3.08 bits per heavy atom. The molecule has 4 heteroatoms. The Morgan fingerprint density at radius 2 is 2.50 bits per heavy atom. The maximum Gasteiger partial charge on any atom is 0.344 e. The van der Waals surface area contributed by atoms with Gasteiger partial charge in [-0.1, -0.05) is 28.1 Å². The Balaban J connectivity index is 2.64. The molecule has 1 N–H and O–H groups in total. The molecule has 12 heavy (non-hydrogen) atoms. The van der Waals surface area contributed by atoms with Crippen LogP contribution >= 0.6 is 15.9 Å². The first-order valence-electron chi connectivity index (χ1n) is 3.60. The zero-order chi connectivity index (χ0) is 8.81. The van der Waals surface area contributed by atoms with Crippen LogP contribution in [0.4, 0.5) is 0 Å². The van der Waals surface area contributed by atoms with E-state index in [9.17, 15) is 4.79 Å². The fourth-order valence-corrected chi connectivity index (χ4v) is 0.991. The zero-order valence-corrected chi connectivity index (χ0v) is 8.04. The molecule has 0 fully saturated rings. The normalized spacial score (nSPS) is 10.8. The van der Waals surface area contributed by atoms with Gasteiger partial charge in [-0.15, -0.1) is 0 Å². The number of halogens is 1. The quantitative estimate of drug-likeness (QED) is 0.799. The first kappa shape index (κ1) is 9.19. The highest BCUT2D eigenvalue weighted by Crippen LogP contribution is 1.97. The van der Waals surface area contributed by atoms with Crippen molar-refractivity contribution >= 4 is 22.0 Å². The number of nitrogens with zero attached hydrogens (tertiary/aromatic N) is 1. The van der Waals surface area contributed by atoms with E-state index in [2.05, 4.69) is 25.9 Å². The van der Waals surface area contributed by atoms with Gasteiger partial charge in [0, 0.05) is 23.3 Å². The van der Waals surface area contributed by atoms with E-state index in [1.54, 1.807) is 12.4 Å². The Kier molecular flexibility index (Phi) is 3.73. The van der Waals surface area contributed by atoms with Crippen molar-refractivity contribution in [2.75, 3.05) is 5.33 Å². The number of aromatic amines is 1. The maximum absolute atomic E-state index is 10.6. The fourth-order valence-electron chi connectivity index (χ4n) is 0.726. The average Bonchev–Trinajstić information content (AvgIpc) is 2.09. The maximum atomic E-state index is 10.6. The zero-order valence-electron chi connectivity index (χ0n) is 6.46. The standard InChI is InChI=1S/C8H9BrN2O/c9-4-2-1-3-7-5-10-8(12)11-6-7/h1,3,5-6H,2,4H2,(H,10,11,12). The molecule has 0 spiro atoms. The van der Waals surface area contributed by atoms with E-state index >= 15 is 0 Å². The lowest BCUT2D eigenvalue weighted by molar-refractivity contribution is 1.07. The number of aromatic nitrogens is 2. The first-order chi connectivity index (χ1) is 5.83. The number of alkyl halides is 1. The summed E-state index contributed by atoms with van der Waals surface area (Å²) in [4.78, 5) is 16.6. The van der Waals surface area contributed by atoms with Gasteiger partial charge in [0.15, 0.2) is 0 Å². The summed E-state index contributed by atoms with van der Waals surface area (Å²) < 4.78 is 0. The molecule has 0 aliphatic heterocycles. The predicted octanol–water partition coefficient (Wildman–Crippen LogP) is 1.57. The second-order valence-corrected chi connectivity index (χ2v) is 3.03. The summed E-state index contributed by atoms with van der Waals surface area (Å²) in [5.74, 6) is 0. The molecule has 1 aromatic rings. The lowest BCUT2D eigenvalue weighted by Crippen LogP contribution is -2.07. The van der Waals surface area contributed by atoms with Crippen LogP contribution in [0.25, 0.3) is 6.08 Å². The van der Waals surface area contributed by atoms with Crippen LogP contribution in [-0.2, 0) is 0 Å². The summed E-state index contributed by atoms with van der Waals surface area (Å²) in [5.41, 5.74) is 0.600. The third kappa shape index (κ3) is 3.00. The molecular weight excluding hydrogens is 220 g/mol. The number of hydrogen-bond acceptors (Lipinski definition) is 2. The van der Waals surface area contributed by atoms with Gasteiger partial charge in [0.1, 0.15) is 0 Å². The Bertz CT molecular complexity index is 299. The lowest BCUT2D eigenvalue weighted by Gasteiger charge is -1.88. The Hall–Kier alpha value is -0.900. The van der Waals surface area contributed by atoms with Crippen molar-refractivity contribution in [2.45, 2.75) is 6.42 Å². The first-order valence-corrected chi connectivity index (χ1v) is 4.72. The van der Waals surface area contributed by atoms with Gasteiger partial charge in [0.25, 0.3) is 0 Å². The molecule has 3 nitrogen and oxygen atoms in total. The van der Waals surface area contributed by atoms with E-state index in [-0.39, 0.29) is 5.69 Å². The predicted molar refractivity (Wildman–Crippen MR) is 52.3 cm³/mol. The van der Waals surface area contributed by atoms with Gasteiger partial charge < -0.3 is 4.98 Å². The van der Waals surface area contributed by atoms with E-state index in [1.807, 2.05) is 12.2 Å². The summed E-state index contributed by atoms with van der Waals surface area (Å²) in [6, 6.07) is 0. The van der Waals surface area contributed by atoms with Crippen molar-refractivity contribution in [3.63, 3.8) is 0 Å². The minimum absolute atomic E-state index is 0.312. The van der Waals surface area contributed by atoms with E-state index in [0.717, 1.165) is 17.3 Å². The van der Waals surface area contributed by atoms with Crippen molar-refractivity contribution in [3.8, 4) is 0 Å². The molecule has 0 saturated heterocycles. The molecule has 0 unspecified atom stereocenters. The number of nitrogens with one attached hydrogen (secondary N) is 1. The summed E-state index contributed by atoms with van der Waals surface area (Å²) >= 11 is 3.31. The van der Waals surface area contributed by atoms with E-state index in [1.165, 1.54) is 0 Å². The van der Waals surface area contributed by atoms with Crippen molar-refractivity contribution in [1.29, 1.82) is 0 Å². The highest BCUT2D eigenvalue weighted by Gasteiger charge is 1.85. The molecule has 0 aromatic carbocycles. The second-order valence-electron chi connectivity index (χ2n) is 2.23. The van der Waals surface area contributed by atoms with Gasteiger partial charge in [0.2, 0.25) is 0 Å². The van der Waals surface area contributed by atoms with Crippen molar-refractivity contribution in [3.05, 3.63) is 34.5 Å². The smallest absolute Gasteiger partial charge is 0.312 e. The fraction of sp³-hybridized carbons (Fsp3) is 0.250. The summed E-state index contributed by atoms with van der Waals surface area (Å²) in [6.45, 7) is 0. The topological polar surface area (TPSA) is 45.8 Å². The minimum Gasteiger partial charge on any atom is -0.312 e. The Morgan fingerprint density at radius 1 is 1.67 bits per heavy atom. The molecule has 0 radical (unpaired) electrons. The van der Waals surface area contributed by atoms with Crippen LogP contribution in [0.5, 0.6) is 0 Å². The molecule has 0 bridgehead atoms. The highest BCUT2D eigenvalue weighted by molar-refractivity contribution is 9.09. The number of allylic oxidation sites excluding steroid dienone is 1. The summed E-state index contributed by atoms with van der Waals surface area (Å²) in [5, 5.41) is 0.945. The summed E-state index contributed by atoms with van der Waals surface area (Å²) in [6.07, 6.45) is 8.09. The largest absolute Gasteiger partial charge is 0.344 e. The average molecular weight is 229 g/mol.